The third-order valence-corrected chi connectivity index (χ3v) is 2.59. The van der Waals surface area contributed by atoms with Crippen LogP contribution >= 0.6 is 0 Å². The van der Waals surface area contributed by atoms with E-state index in [4.69, 9.17) is 0 Å². The molecule has 0 bridgehead atoms. The van der Waals surface area contributed by atoms with Crippen molar-refractivity contribution in [3.8, 4) is 0 Å². The molecule has 0 radical (unpaired) electrons. The number of anilines is 2. The molecule has 0 atom stereocenters. The van der Waals surface area contributed by atoms with Gasteiger partial charge in [0, 0.05) is 17.8 Å². The predicted octanol–water partition coefficient (Wildman–Crippen LogP) is 2.09. The van der Waals surface area contributed by atoms with Crippen LogP contribution in [0, 0.1) is 0 Å². The van der Waals surface area contributed by atoms with Crippen molar-refractivity contribution in [2.75, 3.05) is 10.6 Å². The molecule has 1 aliphatic heterocycles. The number of rotatable bonds is 2. The summed E-state index contributed by atoms with van der Waals surface area (Å²) in [5, 5.41) is 5.57. The van der Waals surface area contributed by atoms with E-state index in [1.165, 1.54) is 6.08 Å². The average molecular weight is 230 g/mol. The van der Waals surface area contributed by atoms with Gasteiger partial charge in [0.25, 0.3) is 0 Å². The van der Waals surface area contributed by atoms with Gasteiger partial charge in [0.1, 0.15) is 0 Å². The first-order chi connectivity index (χ1) is 8.19. The number of fused-ring (bicyclic) bond motifs is 1. The van der Waals surface area contributed by atoms with Crippen LogP contribution in [-0.2, 0) is 16.0 Å². The zero-order valence-electron chi connectivity index (χ0n) is 9.62. The van der Waals surface area contributed by atoms with Crippen LogP contribution in [0.25, 0.3) is 0 Å². The SMILES string of the molecule is CC=CC(=O)Nc1ccc2c(c1)CCC(=O)N2. The lowest BCUT2D eigenvalue weighted by molar-refractivity contribution is -0.116. The van der Waals surface area contributed by atoms with E-state index in [1.807, 2.05) is 12.1 Å². The molecule has 17 heavy (non-hydrogen) atoms. The summed E-state index contributed by atoms with van der Waals surface area (Å²) in [6.07, 6.45) is 4.38. The number of nitrogens with one attached hydrogen (secondary N) is 2. The maximum atomic E-state index is 11.4. The minimum atomic E-state index is -0.146. The van der Waals surface area contributed by atoms with Gasteiger partial charge in [0.15, 0.2) is 0 Å². The van der Waals surface area contributed by atoms with Crippen LogP contribution in [0.1, 0.15) is 18.9 Å². The van der Waals surface area contributed by atoms with Gasteiger partial charge in [-0.3, -0.25) is 9.59 Å². The highest BCUT2D eigenvalue weighted by molar-refractivity contribution is 6.00. The van der Waals surface area contributed by atoms with E-state index in [0.29, 0.717) is 12.8 Å². The summed E-state index contributed by atoms with van der Waals surface area (Å²) in [7, 11) is 0. The van der Waals surface area contributed by atoms with Crippen LogP contribution in [0.15, 0.2) is 30.4 Å². The monoisotopic (exact) mass is 230 g/mol. The van der Waals surface area contributed by atoms with Gasteiger partial charge in [-0.05, 0) is 43.2 Å². The third kappa shape index (κ3) is 2.72. The second kappa shape index (κ2) is 4.82. The molecule has 0 aromatic heterocycles. The molecule has 1 heterocycles. The Morgan fingerprint density at radius 2 is 2.24 bits per heavy atom. The van der Waals surface area contributed by atoms with E-state index in [-0.39, 0.29) is 11.8 Å². The Balaban J connectivity index is 2.16. The number of benzene rings is 1. The molecule has 4 nitrogen and oxygen atoms in total. The predicted molar refractivity (Wildman–Crippen MR) is 66.8 cm³/mol. The number of amides is 2. The Labute approximate surface area is 99.7 Å². The van der Waals surface area contributed by atoms with Gasteiger partial charge >= 0.3 is 0 Å². The maximum Gasteiger partial charge on any atom is 0.248 e. The molecule has 0 spiro atoms. The summed E-state index contributed by atoms with van der Waals surface area (Å²) in [6, 6.07) is 5.50. The Bertz CT molecular complexity index is 492. The van der Waals surface area contributed by atoms with Gasteiger partial charge in [-0.2, -0.15) is 0 Å². The molecule has 2 rings (SSSR count). The molecule has 1 aromatic carbocycles. The summed E-state index contributed by atoms with van der Waals surface area (Å²) >= 11 is 0. The van der Waals surface area contributed by atoms with Crippen molar-refractivity contribution in [1.29, 1.82) is 0 Å². The van der Waals surface area contributed by atoms with Crippen molar-refractivity contribution >= 4 is 23.2 Å². The Hall–Kier alpha value is -2.10. The van der Waals surface area contributed by atoms with Crippen LogP contribution in [0.3, 0.4) is 0 Å². The van der Waals surface area contributed by atoms with Gasteiger partial charge in [-0.15, -0.1) is 0 Å². The first-order valence-electron chi connectivity index (χ1n) is 5.55. The number of hydrogen-bond donors (Lipinski definition) is 2. The number of hydrogen-bond acceptors (Lipinski definition) is 2. The third-order valence-electron chi connectivity index (χ3n) is 2.59. The summed E-state index contributed by atoms with van der Waals surface area (Å²) in [6.45, 7) is 1.79. The minimum Gasteiger partial charge on any atom is -0.326 e. The largest absolute Gasteiger partial charge is 0.326 e. The van der Waals surface area contributed by atoms with E-state index in [1.54, 1.807) is 19.1 Å². The minimum absolute atomic E-state index is 0.0446. The Morgan fingerprint density at radius 3 is 3.00 bits per heavy atom. The quantitative estimate of drug-likeness (QED) is 0.764. The first kappa shape index (κ1) is 11.4. The average Bonchev–Trinajstić information content (AvgIpc) is 2.29. The number of carbonyl (C=O) groups excluding carboxylic acids is 2. The molecule has 0 fully saturated rings. The number of aryl methyl sites for hydroxylation is 1. The molecule has 0 aliphatic carbocycles. The molecule has 2 amide bonds. The zero-order chi connectivity index (χ0) is 12.3. The highest BCUT2D eigenvalue weighted by atomic mass is 16.2. The standard InChI is InChI=1S/C13H14N2O2/c1-2-3-12(16)14-10-5-6-11-9(8-10)4-7-13(17)15-11/h2-3,5-6,8H,4,7H2,1H3,(H,14,16)(H,15,17). The molecular formula is C13H14N2O2. The summed E-state index contributed by atoms with van der Waals surface area (Å²) in [5.41, 5.74) is 2.65. The van der Waals surface area contributed by atoms with Gasteiger partial charge in [-0.1, -0.05) is 6.08 Å². The van der Waals surface area contributed by atoms with E-state index < -0.39 is 0 Å². The normalized spacial score (nSPS) is 14.3. The lowest BCUT2D eigenvalue weighted by Gasteiger charge is -2.17. The van der Waals surface area contributed by atoms with Crippen LogP contribution in [0.4, 0.5) is 11.4 Å². The molecule has 1 aromatic rings. The lowest BCUT2D eigenvalue weighted by atomic mass is 10.0. The van der Waals surface area contributed by atoms with Crippen LogP contribution in [0.2, 0.25) is 0 Å². The van der Waals surface area contributed by atoms with Crippen LogP contribution < -0.4 is 10.6 Å². The lowest BCUT2D eigenvalue weighted by Crippen LogP contribution is -2.19. The van der Waals surface area contributed by atoms with E-state index in [0.717, 1.165) is 16.9 Å². The molecule has 88 valence electrons. The molecule has 0 saturated carbocycles. The van der Waals surface area contributed by atoms with Crippen molar-refractivity contribution in [3.63, 3.8) is 0 Å². The molecule has 0 unspecified atom stereocenters. The molecule has 1 aliphatic rings. The second-order valence-corrected chi connectivity index (χ2v) is 3.91. The molecule has 4 heteroatoms. The topological polar surface area (TPSA) is 58.2 Å². The second-order valence-electron chi connectivity index (χ2n) is 3.91. The summed E-state index contributed by atoms with van der Waals surface area (Å²) in [5.74, 6) is -0.101. The smallest absolute Gasteiger partial charge is 0.248 e. The molecule has 0 saturated heterocycles. The molecule has 2 N–H and O–H groups in total. The highest BCUT2D eigenvalue weighted by Crippen LogP contribution is 2.25. The summed E-state index contributed by atoms with van der Waals surface area (Å²) < 4.78 is 0. The molecular weight excluding hydrogens is 216 g/mol. The van der Waals surface area contributed by atoms with Gasteiger partial charge < -0.3 is 10.6 Å². The van der Waals surface area contributed by atoms with Crippen molar-refractivity contribution < 1.29 is 9.59 Å². The van der Waals surface area contributed by atoms with E-state index in [9.17, 15) is 9.59 Å². The fourth-order valence-electron chi connectivity index (χ4n) is 1.80. The Morgan fingerprint density at radius 1 is 1.41 bits per heavy atom. The fraction of sp³-hybridized carbons (Fsp3) is 0.231. The van der Waals surface area contributed by atoms with E-state index >= 15 is 0 Å². The van der Waals surface area contributed by atoms with Gasteiger partial charge in [-0.25, -0.2) is 0 Å². The Kier molecular flexibility index (Phi) is 3.23. The van der Waals surface area contributed by atoms with Crippen LogP contribution in [-0.4, -0.2) is 11.8 Å². The number of carbonyl (C=O) groups is 2. The zero-order valence-corrected chi connectivity index (χ0v) is 9.62. The number of allylic oxidation sites excluding steroid dienone is 1. The van der Waals surface area contributed by atoms with Crippen molar-refractivity contribution in [2.45, 2.75) is 19.8 Å². The van der Waals surface area contributed by atoms with Gasteiger partial charge in [0.05, 0.1) is 0 Å². The van der Waals surface area contributed by atoms with Crippen LogP contribution in [0.5, 0.6) is 0 Å². The fourth-order valence-corrected chi connectivity index (χ4v) is 1.80. The van der Waals surface area contributed by atoms with E-state index in [2.05, 4.69) is 10.6 Å². The van der Waals surface area contributed by atoms with Crippen molar-refractivity contribution in [3.05, 3.63) is 35.9 Å². The van der Waals surface area contributed by atoms with Crippen molar-refractivity contribution in [1.82, 2.24) is 0 Å². The summed E-state index contributed by atoms with van der Waals surface area (Å²) in [4.78, 5) is 22.5. The first-order valence-corrected chi connectivity index (χ1v) is 5.55. The van der Waals surface area contributed by atoms with Gasteiger partial charge in [0.2, 0.25) is 11.8 Å². The maximum absolute atomic E-state index is 11.4. The van der Waals surface area contributed by atoms with Crippen molar-refractivity contribution in [2.24, 2.45) is 0 Å². The highest BCUT2D eigenvalue weighted by Gasteiger charge is 2.14.